The van der Waals surface area contributed by atoms with Crippen LogP contribution >= 0.6 is 23.2 Å². The number of benzene rings is 3. The summed E-state index contributed by atoms with van der Waals surface area (Å²) in [5, 5.41) is 8.34. The molecule has 1 unspecified atom stereocenters. The maximum absolute atomic E-state index is 12.8. The van der Waals surface area contributed by atoms with Crippen molar-refractivity contribution in [1.29, 1.82) is 0 Å². The topological polar surface area (TPSA) is 107 Å². The van der Waals surface area contributed by atoms with Crippen molar-refractivity contribution in [3.63, 3.8) is 0 Å². The molecule has 49 heavy (non-hydrogen) atoms. The number of hydrogen-bond acceptors (Lipinski definition) is 8. The van der Waals surface area contributed by atoms with Crippen LogP contribution in [0.25, 0.3) is 5.69 Å². The molecule has 5 aromatic rings. The molecule has 0 amide bonds. The van der Waals surface area contributed by atoms with Gasteiger partial charge in [-0.3, -0.25) is 0 Å². The van der Waals surface area contributed by atoms with Crippen LogP contribution in [0.15, 0.2) is 90.5 Å². The zero-order valence-corrected chi connectivity index (χ0v) is 28.9. The molecule has 12 nitrogen and oxygen atoms in total. The Labute approximate surface area is 294 Å². The lowest BCUT2D eigenvalue weighted by Gasteiger charge is -2.37. The summed E-state index contributed by atoms with van der Waals surface area (Å²) >= 11 is 12.8. The van der Waals surface area contributed by atoms with Crippen LogP contribution in [-0.2, 0) is 21.8 Å². The van der Waals surface area contributed by atoms with Gasteiger partial charge in [-0.05, 0) is 79.0 Å². The fraction of sp³-hybridized carbons (Fsp3) is 0.371. The maximum atomic E-state index is 12.8. The zero-order chi connectivity index (χ0) is 34.0. The number of nitrogens with zero attached hydrogens (tertiary/aromatic N) is 7. The van der Waals surface area contributed by atoms with E-state index in [0.717, 1.165) is 55.4 Å². The van der Waals surface area contributed by atoms with Crippen molar-refractivity contribution >= 4 is 34.6 Å². The highest BCUT2D eigenvalue weighted by Crippen LogP contribution is 2.39. The Morgan fingerprint density at radius 1 is 1.00 bits per heavy atom. The molecule has 7 rings (SSSR count). The van der Waals surface area contributed by atoms with E-state index in [-0.39, 0.29) is 17.8 Å². The van der Waals surface area contributed by atoms with Crippen LogP contribution in [0.4, 0.5) is 11.4 Å². The van der Waals surface area contributed by atoms with Gasteiger partial charge in [0.2, 0.25) is 12.1 Å². The molecule has 0 radical (unpaired) electrons. The van der Waals surface area contributed by atoms with E-state index in [2.05, 4.69) is 49.2 Å². The van der Waals surface area contributed by atoms with Gasteiger partial charge < -0.3 is 24.0 Å². The number of rotatable bonds is 11. The van der Waals surface area contributed by atoms with Crippen molar-refractivity contribution in [3.8, 4) is 11.4 Å². The summed E-state index contributed by atoms with van der Waals surface area (Å²) in [5.41, 5.74) is 3.67. The third-order valence-electron chi connectivity index (χ3n) is 9.20. The Kier molecular flexibility index (Phi) is 9.64. The molecule has 2 fully saturated rings. The van der Waals surface area contributed by atoms with Crippen molar-refractivity contribution in [2.75, 3.05) is 49.2 Å². The molecule has 3 atom stereocenters. The van der Waals surface area contributed by atoms with Crippen LogP contribution in [0, 0.1) is 0 Å². The van der Waals surface area contributed by atoms with Crippen LogP contribution < -0.4 is 24.9 Å². The molecule has 0 spiro atoms. The summed E-state index contributed by atoms with van der Waals surface area (Å²) in [6.45, 7) is 8.57. The van der Waals surface area contributed by atoms with Gasteiger partial charge in [-0.1, -0.05) is 36.2 Å². The number of anilines is 2. The summed E-state index contributed by atoms with van der Waals surface area (Å²) < 4.78 is 23.8. The van der Waals surface area contributed by atoms with E-state index in [1.165, 1.54) is 0 Å². The largest absolute Gasteiger partial charge is 0.491 e. The van der Waals surface area contributed by atoms with Gasteiger partial charge in [0, 0.05) is 48.1 Å². The molecule has 2 saturated heterocycles. The van der Waals surface area contributed by atoms with Crippen LogP contribution in [0.2, 0.25) is 10.0 Å². The Balaban J connectivity index is 0.925. The van der Waals surface area contributed by atoms with Gasteiger partial charge in [-0.25, -0.2) is 14.0 Å². The number of halogens is 2. The summed E-state index contributed by atoms with van der Waals surface area (Å²) in [7, 11) is 0. The molecule has 2 aliphatic rings. The highest BCUT2D eigenvalue weighted by molar-refractivity contribution is 6.35. The number of nitrogens with one attached hydrogen (secondary N) is 1. The maximum Gasteiger partial charge on any atom is 0.350 e. The van der Waals surface area contributed by atoms with Crippen molar-refractivity contribution in [3.05, 3.63) is 112 Å². The highest BCUT2D eigenvalue weighted by Gasteiger charge is 2.47. The van der Waals surface area contributed by atoms with Crippen molar-refractivity contribution in [1.82, 2.24) is 24.4 Å². The van der Waals surface area contributed by atoms with E-state index >= 15 is 0 Å². The molecule has 0 aliphatic carbocycles. The van der Waals surface area contributed by atoms with Crippen LogP contribution in [0.5, 0.6) is 5.75 Å². The minimum absolute atomic E-state index is 0.0653. The Hall–Kier alpha value is -4.36. The minimum atomic E-state index is -1.13. The van der Waals surface area contributed by atoms with Gasteiger partial charge in [0.25, 0.3) is 0 Å². The van der Waals surface area contributed by atoms with Gasteiger partial charge in [0.15, 0.2) is 6.54 Å². The first-order chi connectivity index (χ1) is 23.8. The lowest BCUT2D eigenvalue weighted by atomic mass is 10.1. The quantitative estimate of drug-likeness (QED) is 0.192. The predicted molar refractivity (Wildman–Crippen MR) is 187 cm³/mol. The molecule has 14 heteroatoms. The summed E-state index contributed by atoms with van der Waals surface area (Å²) in [4.78, 5) is 21.7. The second-order valence-electron chi connectivity index (χ2n) is 12.4. The SMILES string of the molecule is CCC(C)n1ncn(-c2ccc(N3CCN(c4ccc(OC[C@H]5CO[C@](C[n+]6cnc[nH]6)(c6ccc(Cl)cc6Cl)O5)cc4)CC3)cc2)c1=O. The second kappa shape index (κ2) is 14.2. The minimum Gasteiger partial charge on any atom is -0.491 e. The first-order valence-corrected chi connectivity index (χ1v) is 17.2. The number of aromatic amines is 1. The molecule has 2 aliphatic heterocycles. The number of H-pyrrole nitrogens is 1. The third kappa shape index (κ3) is 7.04. The first kappa shape index (κ1) is 33.2. The van der Waals surface area contributed by atoms with Gasteiger partial charge in [0.1, 0.15) is 24.8 Å². The lowest BCUT2D eigenvalue weighted by Crippen LogP contribution is -2.48. The molecule has 4 heterocycles. The number of aromatic nitrogens is 6. The van der Waals surface area contributed by atoms with Crippen molar-refractivity contribution in [2.24, 2.45) is 0 Å². The Bertz CT molecular complexity index is 1910. The average molecular weight is 707 g/mol. The van der Waals surface area contributed by atoms with Crippen LogP contribution in [0.1, 0.15) is 31.9 Å². The molecule has 3 aromatic carbocycles. The highest BCUT2D eigenvalue weighted by atomic mass is 35.5. The van der Waals surface area contributed by atoms with E-state index in [1.807, 2.05) is 44.2 Å². The second-order valence-corrected chi connectivity index (χ2v) is 13.2. The summed E-state index contributed by atoms with van der Waals surface area (Å²) in [6.07, 6.45) is 5.38. The normalized spacial score (nSPS) is 20.1. The molecule has 256 valence electrons. The van der Waals surface area contributed by atoms with Gasteiger partial charge in [-0.15, -0.1) is 0 Å². The number of piperazine rings is 1. The zero-order valence-electron chi connectivity index (χ0n) is 27.4. The number of hydrogen-bond donors (Lipinski definition) is 1. The van der Waals surface area contributed by atoms with E-state index in [9.17, 15) is 4.79 Å². The van der Waals surface area contributed by atoms with Gasteiger partial charge >= 0.3 is 12.0 Å². The molecule has 0 bridgehead atoms. The summed E-state index contributed by atoms with van der Waals surface area (Å²) in [5.74, 6) is -0.373. The molecule has 1 N–H and O–H groups in total. The van der Waals surface area contributed by atoms with E-state index in [1.54, 1.807) is 45.0 Å². The molecule has 2 aromatic heterocycles. The fourth-order valence-electron chi connectivity index (χ4n) is 6.28. The fourth-order valence-corrected chi connectivity index (χ4v) is 6.83. The summed E-state index contributed by atoms with van der Waals surface area (Å²) in [6, 6.07) is 21.6. The van der Waals surface area contributed by atoms with Crippen LogP contribution in [-0.4, -0.2) is 69.9 Å². The first-order valence-electron chi connectivity index (χ1n) is 16.5. The molecular formula is C35H39Cl2N8O4+. The Morgan fingerprint density at radius 2 is 1.67 bits per heavy atom. The molecular weight excluding hydrogens is 667 g/mol. The van der Waals surface area contributed by atoms with E-state index in [4.69, 9.17) is 37.4 Å². The standard InChI is InChI=1S/C35H38Cl2N8O4/c1-3-25(2)45-34(46)44(24-40-45)29-7-5-27(6-8-29)41-14-16-42(17-15-41)28-9-11-30(12-10-28)47-19-31-20-48-35(49-31,21-43-23-38-22-39-43)32-13-4-26(36)18-33(32)37/h4-13,18,22-25,31H,3,14-17,19-21H2,1-2H3/p+1/t25?,31-,35-/m0/s1. The van der Waals surface area contributed by atoms with Crippen molar-refractivity contribution in [2.45, 2.75) is 44.7 Å². The number of ether oxygens (including phenoxy) is 3. The Morgan fingerprint density at radius 3 is 2.31 bits per heavy atom. The van der Waals surface area contributed by atoms with Crippen LogP contribution in [0.3, 0.4) is 0 Å². The van der Waals surface area contributed by atoms with Gasteiger partial charge in [-0.2, -0.15) is 14.9 Å². The average Bonchev–Trinajstić information content (AvgIpc) is 3.88. The lowest BCUT2D eigenvalue weighted by molar-refractivity contribution is -0.771. The molecule has 0 saturated carbocycles. The monoisotopic (exact) mass is 705 g/mol. The van der Waals surface area contributed by atoms with Gasteiger partial charge in [0.05, 0.1) is 23.4 Å². The van der Waals surface area contributed by atoms with E-state index in [0.29, 0.717) is 35.4 Å². The van der Waals surface area contributed by atoms with E-state index < -0.39 is 5.79 Å². The predicted octanol–water partition coefficient (Wildman–Crippen LogP) is 5.00. The smallest absolute Gasteiger partial charge is 0.350 e. The van der Waals surface area contributed by atoms with Crippen molar-refractivity contribution < 1.29 is 18.9 Å². The third-order valence-corrected chi connectivity index (χ3v) is 9.74.